The molecule has 1 aromatic carbocycles. The fourth-order valence-corrected chi connectivity index (χ4v) is 1.49. The van der Waals surface area contributed by atoms with Gasteiger partial charge in [-0.1, -0.05) is 55.5 Å². The third kappa shape index (κ3) is 6.47. The van der Waals surface area contributed by atoms with Crippen LogP contribution in [0.2, 0.25) is 0 Å². The molecule has 0 aromatic heterocycles. The highest BCUT2D eigenvalue weighted by Crippen LogP contribution is 2.12. The van der Waals surface area contributed by atoms with Crippen molar-refractivity contribution in [1.82, 2.24) is 5.01 Å². The SMILES string of the molecule is CCCCC#C/C(=C\C=N\N(C)C)c1ccccc1. The Labute approximate surface area is 116 Å². The molecule has 19 heavy (non-hydrogen) atoms. The van der Waals surface area contributed by atoms with Crippen LogP contribution in [-0.2, 0) is 0 Å². The fourth-order valence-electron chi connectivity index (χ4n) is 1.49. The van der Waals surface area contributed by atoms with Gasteiger partial charge in [-0.3, -0.25) is 0 Å². The molecule has 0 aliphatic carbocycles. The minimum Gasteiger partial charge on any atom is -0.303 e. The Morgan fingerprint density at radius 1 is 1.26 bits per heavy atom. The van der Waals surface area contributed by atoms with E-state index in [0.29, 0.717) is 0 Å². The molecule has 0 aliphatic heterocycles. The van der Waals surface area contributed by atoms with Gasteiger partial charge >= 0.3 is 0 Å². The number of hydrogen-bond donors (Lipinski definition) is 0. The summed E-state index contributed by atoms with van der Waals surface area (Å²) in [5.74, 6) is 6.48. The van der Waals surface area contributed by atoms with Gasteiger partial charge < -0.3 is 5.01 Å². The van der Waals surface area contributed by atoms with Crippen molar-refractivity contribution in [3.8, 4) is 11.8 Å². The van der Waals surface area contributed by atoms with Crippen molar-refractivity contribution >= 4 is 11.8 Å². The van der Waals surface area contributed by atoms with Crippen molar-refractivity contribution in [1.29, 1.82) is 0 Å². The maximum Gasteiger partial charge on any atom is 0.0482 e. The first-order valence-corrected chi connectivity index (χ1v) is 6.70. The topological polar surface area (TPSA) is 15.6 Å². The van der Waals surface area contributed by atoms with Gasteiger partial charge in [0.05, 0.1) is 0 Å². The van der Waals surface area contributed by atoms with Gasteiger partial charge in [-0.15, -0.1) is 0 Å². The summed E-state index contributed by atoms with van der Waals surface area (Å²) >= 11 is 0. The van der Waals surface area contributed by atoms with E-state index in [0.717, 1.165) is 24.0 Å². The first-order valence-electron chi connectivity index (χ1n) is 6.70. The minimum atomic E-state index is 0.950. The molecule has 0 spiro atoms. The highest BCUT2D eigenvalue weighted by atomic mass is 15.4. The highest BCUT2D eigenvalue weighted by molar-refractivity contribution is 5.91. The molecule has 0 saturated carbocycles. The molecule has 0 atom stereocenters. The zero-order valence-electron chi connectivity index (χ0n) is 12.1. The van der Waals surface area contributed by atoms with E-state index in [1.807, 2.05) is 38.4 Å². The van der Waals surface area contributed by atoms with E-state index in [1.165, 1.54) is 6.42 Å². The van der Waals surface area contributed by atoms with Crippen LogP contribution in [0.5, 0.6) is 0 Å². The second-order valence-corrected chi connectivity index (χ2v) is 4.46. The summed E-state index contributed by atoms with van der Waals surface area (Å²) < 4.78 is 0. The maximum atomic E-state index is 4.20. The number of allylic oxidation sites excluding steroid dienone is 2. The quantitative estimate of drug-likeness (QED) is 0.338. The average Bonchev–Trinajstić information content (AvgIpc) is 2.42. The summed E-state index contributed by atoms with van der Waals surface area (Å²) in [6.07, 6.45) is 7.04. The number of benzene rings is 1. The summed E-state index contributed by atoms with van der Waals surface area (Å²) in [4.78, 5) is 0. The monoisotopic (exact) mass is 254 g/mol. The van der Waals surface area contributed by atoms with Crippen molar-refractivity contribution < 1.29 is 0 Å². The van der Waals surface area contributed by atoms with Gasteiger partial charge in [0.2, 0.25) is 0 Å². The van der Waals surface area contributed by atoms with Crippen LogP contribution in [0.3, 0.4) is 0 Å². The van der Waals surface area contributed by atoms with Gasteiger partial charge in [0.1, 0.15) is 0 Å². The predicted octanol–water partition coefficient (Wildman–Crippen LogP) is 3.81. The molecule has 0 bridgehead atoms. The smallest absolute Gasteiger partial charge is 0.0482 e. The molecule has 0 radical (unpaired) electrons. The standard InChI is InChI=1S/C17H22N2/c1-4-5-6-8-13-17(14-15-18-19(2)3)16-11-9-7-10-12-16/h7,9-12,14-15H,4-6H2,1-3H3/b17-14+,18-15+. The van der Waals surface area contributed by atoms with Crippen LogP contribution in [0.15, 0.2) is 41.5 Å². The third-order valence-corrected chi connectivity index (χ3v) is 2.50. The van der Waals surface area contributed by atoms with E-state index in [9.17, 15) is 0 Å². The van der Waals surface area contributed by atoms with Crippen LogP contribution in [0.25, 0.3) is 5.57 Å². The molecule has 0 amide bonds. The van der Waals surface area contributed by atoms with Gasteiger partial charge in [-0.05, 0) is 18.1 Å². The zero-order chi connectivity index (χ0) is 13.9. The van der Waals surface area contributed by atoms with Gasteiger partial charge in [0, 0.05) is 32.3 Å². The molecule has 0 aliphatic rings. The molecule has 2 nitrogen and oxygen atoms in total. The first-order chi connectivity index (χ1) is 9.24. The third-order valence-electron chi connectivity index (χ3n) is 2.50. The highest BCUT2D eigenvalue weighted by Gasteiger charge is 1.95. The summed E-state index contributed by atoms with van der Waals surface area (Å²) in [5.41, 5.74) is 2.15. The van der Waals surface area contributed by atoms with Crippen molar-refractivity contribution in [2.45, 2.75) is 26.2 Å². The lowest BCUT2D eigenvalue weighted by Crippen LogP contribution is -2.00. The van der Waals surface area contributed by atoms with Gasteiger partial charge in [0.15, 0.2) is 0 Å². The average molecular weight is 254 g/mol. The van der Waals surface area contributed by atoms with E-state index in [-0.39, 0.29) is 0 Å². The largest absolute Gasteiger partial charge is 0.303 e. The van der Waals surface area contributed by atoms with Crippen LogP contribution in [0, 0.1) is 11.8 Å². The Morgan fingerprint density at radius 3 is 2.63 bits per heavy atom. The molecule has 1 rings (SSSR count). The fraction of sp³-hybridized carbons (Fsp3) is 0.353. The number of unbranched alkanes of at least 4 members (excludes halogenated alkanes) is 2. The number of hydrazone groups is 1. The molecule has 0 unspecified atom stereocenters. The van der Waals surface area contributed by atoms with Crippen LogP contribution in [0.4, 0.5) is 0 Å². The molecule has 0 saturated heterocycles. The number of rotatable bonds is 5. The van der Waals surface area contributed by atoms with Crippen LogP contribution in [0.1, 0.15) is 31.7 Å². The second kappa shape index (κ2) is 8.99. The van der Waals surface area contributed by atoms with Crippen molar-refractivity contribution in [3.05, 3.63) is 42.0 Å². The summed E-state index contributed by atoms with van der Waals surface area (Å²) in [6.45, 7) is 2.18. The molecular weight excluding hydrogens is 232 g/mol. The van der Waals surface area contributed by atoms with Gasteiger partial charge in [-0.2, -0.15) is 5.10 Å². The molecular formula is C17H22N2. The van der Waals surface area contributed by atoms with Crippen LogP contribution < -0.4 is 0 Å². The van der Waals surface area contributed by atoms with E-state index in [2.05, 4.69) is 36.0 Å². The van der Waals surface area contributed by atoms with Crippen molar-refractivity contribution in [2.24, 2.45) is 5.10 Å². The minimum absolute atomic E-state index is 0.950. The maximum absolute atomic E-state index is 4.20. The van der Waals surface area contributed by atoms with Crippen molar-refractivity contribution in [3.63, 3.8) is 0 Å². The summed E-state index contributed by atoms with van der Waals surface area (Å²) in [6, 6.07) is 10.2. The van der Waals surface area contributed by atoms with E-state index in [4.69, 9.17) is 0 Å². The lowest BCUT2D eigenvalue weighted by Gasteiger charge is -2.01. The molecule has 2 heteroatoms. The van der Waals surface area contributed by atoms with E-state index >= 15 is 0 Å². The molecule has 0 heterocycles. The van der Waals surface area contributed by atoms with Crippen LogP contribution >= 0.6 is 0 Å². The van der Waals surface area contributed by atoms with E-state index < -0.39 is 0 Å². The van der Waals surface area contributed by atoms with Crippen LogP contribution in [-0.4, -0.2) is 25.3 Å². The lowest BCUT2D eigenvalue weighted by atomic mass is 10.1. The zero-order valence-corrected chi connectivity index (χ0v) is 12.1. The first kappa shape index (κ1) is 15.0. The second-order valence-electron chi connectivity index (χ2n) is 4.46. The Kier molecular flexibility index (Phi) is 7.12. The number of hydrogen-bond acceptors (Lipinski definition) is 2. The Bertz CT molecular complexity index is 473. The summed E-state index contributed by atoms with van der Waals surface area (Å²) in [7, 11) is 3.80. The van der Waals surface area contributed by atoms with Crippen molar-refractivity contribution in [2.75, 3.05) is 14.1 Å². The molecule has 0 N–H and O–H groups in total. The van der Waals surface area contributed by atoms with E-state index in [1.54, 1.807) is 11.2 Å². The predicted molar refractivity (Wildman–Crippen MR) is 83.9 cm³/mol. The molecule has 100 valence electrons. The van der Waals surface area contributed by atoms with Gasteiger partial charge in [0.25, 0.3) is 0 Å². The Morgan fingerprint density at radius 2 is 2.00 bits per heavy atom. The molecule has 1 aromatic rings. The lowest BCUT2D eigenvalue weighted by molar-refractivity contribution is 0.440. The molecule has 0 fully saturated rings. The normalized spacial score (nSPS) is 11.2. The Hall–Kier alpha value is -2.01. The number of nitrogens with zero attached hydrogens (tertiary/aromatic N) is 2. The Balaban J connectivity index is 2.87. The summed E-state index contributed by atoms with van der Waals surface area (Å²) in [5, 5.41) is 5.97. The van der Waals surface area contributed by atoms with Gasteiger partial charge in [-0.25, -0.2) is 0 Å².